The maximum absolute atomic E-state index is 5.34. The molecule has 1 nitrogen and oxygen atoms in total. The van der Waals surface area contributed by atoms with Gasteiger partial charge in [0, 0.05) is 5.92 Å². The monoisotopic (exact) mass is 124 g/mol. The number of hydrogen-bond donors (Lipinski definition) is 0. The number of hydrogen-bond acceptors (Lipinski definition) is 1. The van der Waals surface area contributed by atoms with Crippen LogP contribution in [-0.4, -0.2) is 0 Å². The van der Waals surface area contributed by atoms with Gasteiger partial charge in [0.1, 0.15) is 11.5 Å². The Morgan fingerprint density at radius 1 is 1.33 bits per heavy atom. The molecule has 0 atom stereocenters. The predicted molar refractivity (Wildman–Crippen MR) is 37.5 cm³/mol. The minimum Gasteiger partial charge on any atom is -0.466 e. The summed E-state index contributed by atoms with van der Waals surface area (Å²) in [4.78, 5) is 0. The molecule has 1 heterocycles. The van der Waals surface area contributed by atoms with Gasteiger partial charge in [0.15, 0.2) is 0 Å². The van der Waals surface area contributed by atoms with E-state index in [1.807, 2.05) is 19.1 Å². The quantitative estimate of drug-likeness (QED) is 0.561. The molecule has 0 aliphatic heterocycles. The van der Waals surface area contributed by atoms with Crippen LogP contribution in [0.3, 0.4) is 0 Å². The van der Waals surface area contributed by atoms with Gasteiger partial charge in [0.05, 0.1) is 0 Å². The van der Waals surface area contributed by atoms with Crippen molar-refractivity contribution >= 4 is 0 Å². The van der Waals surface area contributed by atoms with Crippen molar-refractivity contribution in [3.05, 3.63) is 23.7 Å². The molecule has 0 spiro atoms. The fourth-order valence-electron chi connectivity index (χ4n) is 0.764. The third-order valence-corrected chi connectivity index (χ3v) is 1.33. The third-order valence-electron chi connectivity index (χ3n) is 1.33. The van der Waals surface area contributed by atoms with Crippen molar-refractivity contribution < 1.29 is 4.42 Å². The highest BCUT2D eigenvalue weighted by Crippen LogP contribution is 2.16. The predicted octanol–water partition coefficient (Wildman–Crippen LogP) is 2.71. The second-order valence-electron chi connectivity index (χ2n) is 2.60. The van der Waals surface area contributed by atoms with Crippen LogP contribution in [0.15, 0.2) is 16.5 Å². The van der Waals surface area contributed by atoms with E-state index >= 15 is 0 Å². The Balaban J connectivity index is 2.85. The van der Waals surface area contributed by atoms with Crippen LogP contribution in [0.5, 0.6) is 0 Å². The molecule has 0 fully saturated rings. The fourth-order valence-corrected chi connectivity index (χ4v) is 0.764. The Labute approximate surface area is 55.7 Å². The first-order valence-corrected chi connectivity index (χ1v) is 3.26. The van der Waals surface area contributed by atoms with Gasteiger partial charge in [0.2, 0.25) is 0 Å². The van der Waals surface area contributed by atoms with Crippen molar-refractivity contribution in [1.29, 1.82) is 0 Å². The first-order chi connectivity index (χ1) is 4.20. The lowest BCUT2D eigenvalue weighted by Gasteiger charge is -1.96. The molecule has 1 aromatic rings. The first-order valence-electron chi connectivity index (χ1n) is 3.26. The summed E-state index contributed by atoms with van der Waals surface area (Å²) >= 11 is 0. The highest BCUT2D eigenvalue weighted by molar-refractivity contribution is 5.08. The number of rotatable bonds is 1. The molecule has 0 aliphatic rings. The van der Waals surface area contributed by atoms with Crippen molar-refractivity contribution in [2.75, 3.05) is 0 Å². The minimum absolute atomic E-state index is 0.513. The smallest absolute Gasteiger partial charge is 0.106 e. The highest BCUT2D eigenvalue weighted by atomic mass is 16.3. The summed E-state index contributed by atoms with van der Waals surface area (Å²) < 4.78 is 5.34. The molecular formula is C8H12O. The lowest BCUT2D eigenvalue weighted by molar-refractivity contribution is 0.463. The summed E-state index contributed by atoms with van der Waals surface area (Å²) in [5, 5.41) is 0. The van der Waals surface area contributed by atoms with Gasteiger partial charge in [-0.3, -0.25) is 0 Å². The van der Waals surface area contributed by atoms with Crippen LogP contribution in [0.1, 0.15) is 31.3 Å². The molecule has 1 rings (SSSR count). The molecule has 0 saturated carbocycles. The molecule has 9 heavy (non-hydrogen) atoms. The van der Waals surface area contributed by atoms with Crippen molar-refractivity contribution in [3.8, 4) is 0 Å². The first kappa shape index (κ1) is 6.40. The van der Waals surface area contributed by atoms with Crippen molar-refractivity contribution in [2.24, 2.45) is 0 Å². The van der Waals surface area contributed by atoms with Crippen molar-refractivity contribution in [2.45, 2.75) is 26.7 Å². The van der Waals surface area contributed by atoms with E-state index in [1.165, 1.54) is 0 Å². The Morgan fingerprint density at radius 2 is 2.00 bits per heavy atom. The Bertz CT molecular complexity index is 186. The van der Waals surface area contributed by atoms with Gasteiger partial charge in [-0.15, -0.1) is 0 Å². The summed E-state index contributed by atoms with van der Waals surface area (Å²) in [5.41, 5.74) is 0. The van der Waals surface area contributed by atoms with Crippen LogP contribution >= 0.6 is 0 Å². The molecule has 0 saturated heterocycles. The van der Waals surface area contributed by atoms with Gasteiger partial charge in [-0.25, -0.2) is 0 Å². The molecular weight excluding hydrogens is 112 g/mol. The van der Waals surface area contributed by atoms with E-state index < -0.39 is 0 Å². The molecule has 50 valence electrons. The second-order valence-corrected chi connectivity index (χ2v) is 2.60. The number of aryl methyl sites for hydroxylation is 1. The SMILES string of the molecule is Cc1ccc(C(C)C)o1. The molecule has 0 radical (unpaired) electrons. The average molecular weight is 124 g/mol. The summed E-state index contributed by atoms with van der Waals surface area (Å²) in [7, 11) is 0. The summed E-state index contributed by atoms with van der Waals surface area (Å²) in [6, 6.07) is 4.02. The summed E-state index contributed by atoms with van der Waals surface area (Å²) in [6.07, 6.45) is 0. The van der Waals surface area contributed by atoms with Gasteiger partial charge in [-0.1, -0.05) is 13.8 Å². The van der Waals surface area contributed by atoms with Gasteiger partial charge in [-0.2, -0.15) is 0 Å². The van der Waals surface area contributed by atoms with Gasteiger partial charge in [0.25, 0.3) is 0 Å². The van der Waals surface area contributed by atoms with Gasteiger partial charge in [-0.05, 0) is 19.1 Å². The summed E-state index contributed by atoms with van der Waals surface area (Å²) in [5.74, 6) is 2.59. The van der Waals surface area contributed by atoms with Gasteiger partial charge < -0.3 is 4.42 Å². The van der Waals surface area contributed by atoms with Crippen LogP contribution in [0, 0.1) is 6.92 Å². The van der Waals surface area contributed by atoms with E-state index in [4.69, 9.17) is 4.42 Å². The molecule has 0 bridgehead atoms. The van der Waals surface area contributed by atoms with Crippen molar-refractivity contribution in [3.63, 3.8) is 0 Å². The Kier molecular flexibility index (Phi) is 1.60. The maximum Gasteiger partial charge on any atom is 0.106 e. The fraction of sp³-hybridized carbons (Fsp3) is 0.500. The third kappa shape index (κ3) is 1.35. The summed E-state index contributed by atoms with van der Waals surface area (Å²) in [6.45, 7) is 6.21. The molecule has 1 heteroatoms. The van der Waals surface area contributed by atoms with Crippen molar-refractivity contribution in [1.82, 2.24) is 0 Å². The molecule has 0 aromatic carbocycles. The minimum atomic E-state index is 0.513. The zero-order valence-electron chi connectivity index (χ0n) is 6.14. The van der Waals surface area contributed by atoms with Crippen LogP contribution in [0.4, 0.5) is 0 Å². The molecule has 0 aliphatic carbocycles. The van der Waals surface area contributed by atoms with E-state index in [1.54, 1.807) is 0 Å². The zero-order valence-corrected chi connectivity index (χ0v) is 6.14. The standard InChI is InChI=1S/C8H12O/c1-6(2)8-5-4-7(3)9-8/h4-6H,1-3H3. The van der Waals surface area contributed by atoms with Gasteiger partial charge >= 0.3 is 0 Å². The van der Waals surface area contributed by atoms with Crippen LogP contribution in [0.2, 0.25) is 0 Å². The zero-order chi connectivity index (χ0) is 6.85. The molecule has 1 aromatic heterocycles. The lowest BCUT2D eigenvalue weighted by Crippen LogP contribution is -1.79. The topological polar surface area (TPSA) is 13.1 Å². The molecule has 0 amide bonds. The van der Waals surface area contributed by atoms with Crippen LogP contribution in [0.25, 0.3) is 0 Å². The number of furan rings is 1. The van der Waals surface area contributed by atoms with E-state index in [2.05, 4.69) is 13.8 Å². The molecule has 0 unspecified atom stereocenters. The van der Waals surface area contributed by atoms with Crippen LogP contribution < -0.4 is 0 Å². The van der Waals surface area contributed by atoms with E-state index in [0.29, 0.717) is 5.92 Å². The molecule has 0 N–H and O–H groups in total. The second kappa shape index (κ2) is 2.26. The largest absolute Gasteiger partial charge is 0.466 e. The van der Waals surface area contributed by atoms with E-state index in [0.717, 1.165) is 11.5 Å². The Morgan fingerprint density at radius 3 is 2.22 bits per heavy atom. The normalized spacial score (nSPS) is 10.7. The Hall–Kier alpha value is -0.720. The lowest BCUT2D eigenvalue weighted by atomic mass is 10.2. The maximum atomic E-state index is 5.34. The average Bonchev–Trinajstić information content (AvgIpc) is 2.14. The highest BCUT2D eigenvalue weighted by Gasteiger charge is 2.01. The van der Waals surface area contributed by atoms with E-state index in [-0.39, 0.29) is 0 Å². The van der Waals surface area contributed by atoms with Crippen LogP contribution in [-0.2, 0) is 0 Å². The van der Waals surface area contributed by atoms with E-state index in [9.17, 15) is 0 Å².